The molecule has 1 aliphatic rings. The first-order valence-electron chi connectivity index (χ1n) is 7.73. The summed E-state index contributed by atoms with van der Waals surface area (Å²) < 4.78 is 10.9. The summed E-state index contributed by atoms with van der Waals surface area (Å²) in [5.41, 5.74) is 0.501. The Morgan fingerprint density at radius 2 is 2.04 bits per heavy atom. The minimum atomic E-state index is -1.43. The number of aliphatic hydroxyl groups is 1. The first kappa shape index (κ1) is 17.8. The SMILES string of the molecule is CC(=O)OC1=CC(O)(COc2c(C)cccc2C)C(CC#N)C=C1. The average Bonchev–Trinajstić information content (AvgIpc) is 2.49. The summed E-state index contributed by atoms with van der Waals surface area (Å²) in [6.45, 7) is 5.11. The van der Waals surface area contributed by atoms with Gasteiger partial charge in [0.25, 0.3) is 0 Å². The minimum Gasteiger partial charge on any atom is -0.490 e. The van der Waals surface area contributed by atoms with Crippen molar-refractivity contribution >= 4 is 5.97 Å². The number of carbonyl (C=O) groups is 1. The van der Waals surface area contributed by atoms with Crippen LogP contribution in [0.3, 0.4) is 0 Å². The molecule has 0 fully saturated rings. The third kappa shape index (κ3) is 4.03. The molecule has 126 valence electrons. The number of aryl methyl sites for hydroxylation is 2. The molecule has 0 amide bonds. The van der Waals surface area contributed by atoms with Gasteiger partial charge in [-0.05, 0) is 37.1 Å². The summed E-state index contributed by atoms with van der Waals surface area (Å²) in [5, 5.41) is 20.0. The monoisotopic (exact) mass is 327 g/mol. The van der Waals surface area contributed by atoms with Crippen LogP contribution < -0.4 is 4.74 Å². The molecular formula is C19H21NO4. The molecule has 2 unspecified atom stereocenters. The van der Waals surface area contributed by atoms with Gasteiger partial charge < -0.3 is 14.6 Å². The van der Waals surface area contributed by atoms with Crippen LogP contribution in [0.5, 0.6) is 5.75 Å². The van der Waals surface area contributed by atoms with E-state index in [2.05, 4.69) is 6.07 Å². The molecule has 24 heavy (non-hydrogen) atoms. The number of carbonyl (C=O) groups excluding carboxylic acids is 1. The molecule has 5 nitrogen and oxygen atoms in total. The Morgan fingerprint density at radius 3 is 2.62 bits per heavy atom. The predicted molar refractivity (Wildman–Crippen MR) is 89.1 cm³/mol. The molecule has 1 aliphatic carbocycles. The van der Waals surface area contributed by atoms with Crippen molar-refractivity contribution in [3.8, 4) is 11.8 Å². The number of allylic oxidation sites excluding steroid dienone is 1. The van der Waals surface area contributed by atoms with E-state index in [9.17, 15) is 9.90 Å². The maximum absolute atomic E-state index is 11.1. The van der Waals surface area contributed by atoms with Gasteiger partial charge in [-0.3, -0.25) is 4.79 Å². The lowest BCUT2D eigenvalue weighted by Crippen LogP contribution is -2.43. The Hall–Kier alpha value is -2.58. The summed E-state index contributed by atoms with van der Waals surface area (Å²) in [5.74, 6) is 0.0525. The van der Waals surface area contributed by atoms with Gasteiger partial charge in [0.05, 0.1) is 6.07 Å². The van der Waals surface area contributed by atoms with E-state index in [0.29, 0.717) is 5.75 Å². The highest BCUT2D eigenvalue weighted by molar-refractivity contribution is 5.68. The molecule has 0 bridgehead atoms. The molecule has 1 aromatic carbocycles. The zero-order valence-corrected chi connectivity index (χ0v) is 14.1. The fraction of sp³-hybridized carbons (Fsp3) is 0.368. The van der Waals surface area contributed by atoms with Crippen LogP contribution in [-0.2, 0) is 9.53 Å². The number of rotatable bonds is 5. The smallest absolute Gasteiger partial charge is 0.308 e. The first-order valence-corrected chi connectivity index (χ1v) is 7.73. The topological polar surface area (TPSA) is 79.6 Å². The quantitative estimate of drug-likeness (QED) is 0.841. The molecule has 1 N–H and O–H groups in total. The molecule has 0 spiro atoms. The van der Waals surface area contributed by atoms with Gasteiger partial charge in [-0.15, -0.1) is 0 Å². The van der Waals surface area contributed by atoms with E-state index >= 15 is 0 Å². The number of ether oxygens (including phenoxy) is 2. The van der Waals surface area contributed by atoms with Crippen molar-refractivity contribution in [2.45, 2.75) is 32.8 Å². The lowest BCUT2D eigenvalue weighted by Gasteiger charge is -2.33. The van der Waals surface area contributed by atoms with Gasteiger partial charge in [-0.1, -0.05) is 24.3 Å². The minimum absolute atomic E-state index is 0.0415. The van der Waals surface area contributed by atoms with Crippen LogP contribution in [0.4, 0.5) is 0 Å². The maximum atomic E-state index is 11.1. The summed E-state index contributed by atoms with van der Waals surface area (Å²) in [7, 11) is 0. The van der Waals surface area contributed by atoms with E-state index < -0.39 is 17.5 Å². The van der Waals surface area contributed by atoms with E-state index in [1.165, 1.54) is 13.0 Å². The molecule has 0 heterocycles. The Kier molecular flexibility index (Phi) is 5.42. The Labute approximate surface area is 141 Å². The molecule has 0 saturated carbocycles. The fourth-order valence-electron chi connectivity index (χ4n) is 2.72. The van der Waals surface area contributed by atoms with Gasteiger partial charge in [-0.25, -0.2) is 0 Å². The highest BCUT2D eigenvalue weighted by Gasteiger charge is 2.37. The number of benzene rings is 1. The molecule has 2 rings (SSSR count). The molecule has 0 radical (unpaired) electrons. The Morgan fingerprint density at radius 1 is 1.38 bits per heavy atom. The number of nitrogens with zero attached hydrogens (tertiary/aromatic N) is 1. The van der Waals surface area contributed by atoms with Crippen molar-refractivity contribution in [3.63, 3.8) is 0 Å². The van der Waals surface area contributed by atoms with Crippen molar-refractivity contribution in [3.05, 3.63) is 53.3 Å². The summed E-state index contributed by atoms with van der Waals surface area (Å²) in [4.78, 5) is 11.1. The summed E-state index contributed by atoms with van der Waals surface area (Å²) >= 11 is 0. The van der Waals surface area contributed by atoms with Crippen molar-refractivity contribution < 1.29 is 19.4 Å². The number of hydrogen-bond acceptors (Lipinski definition) is 5. The third-order valence-electron chi connectivity index (χ3n) is 3.96. The number of nitriles is 1. The maximum Gasteiger partial charge on any atom is 0.308 e. The third-order valence-corrected chi connectivity index (χ3v) is 3.96. The lowest BCUT2D eigenvalue weighted by molar-refractivity contribution is -0.136. The fourth-order valence-corrected chi connectivity index (χ4v) is 2.72. The van der Waals surface area contributed by atoms with Crippen LogP contribution in [0.25, 0.3) is 0 Å². The molecule has 2 atom stereocenters. The van der Waals surface area contributed by atoms with Gasteiger partial charge >= 0.3 is 5.97 Å². The summed E-state index contributed by atoms with van der Waals surface area (Å²) in [6, 6.07) is 7.86. The molecular weight excluding hydrogens is 306 g/mol. The standard InChI is InChI=1S/C19H21NO4/c1-13-5-4-6-14(2)18(13)23-12-19(22)11-17(24-15(3)21)8-7-16(19)9-10-20/h4-8,11,16,22H,9,12H2,1-3H3. The summed E-state index contributed by atoms with van der Waals surface area (Å²) in [6.07, 6.45) is 4.85. The van der Waals surface area contributed by atoms with Crippen LogP contribution in [0.1, 0.15) is 24.5 Å². The molecule has 0 aliphatic heterocycles. The van der Waals surface area contributed by atoms with Crippen LogP contribution in [0, 0.1) is 31.1 Å². The Balaban J connectivity index is 2.25. The second-order valence-electron chi connectivity index (χ2n) is 5.97. The van der Waals surface area contributed by atoms with Crippen molar-refractivity contribution in [1.29, 1.82) is 5.26 Å². The van der Waals surface area contributed by atoms with E-state index in [1.807, 2.05) is 32.0 Å². The number of esters is 1. The Bertz CT molecular complexity index is 709. The zero-order chi connectivity index (χ0) is 17.7. The molecule has 1 aromatic rings. The molecule has 0 saturated heterocycles. The zero-order valence-electron chi connectivity index (χ0n) is 14.1. The second kappa shape index (κ2) is 7.33. The van der Waals surface area contributed by atoms with Crippen LogP contribution in [0.2, 0.25) is 0 Å². The van der Waals surface area contributed by atoms with E-state index in [-0.39, 0.29) is 18.8 Å². The van der Waals surface area contributed by atoms with Crippen molar-refractivity contribution in [1.82, 2.24) is 0 Å². The van der Waals surface area contributed by atoms with E-state index in [0.717, 1.165) is 11.1 Å². The highest BCUT2D eigenvalue weighted by Crippen LogP contribution is 2.32. The number of para-hydroxylation sites is 1. The molecule has 5 heteroatoms. The van der Waals surface area contributed by atoms with Gasteiger partial charge in [0, 0.05) is 19.3 Å². The largest absolute Gasteiger partial charge is 0.490 e. The van der Waals surface area contributed by atoms with E-state index in [1.54, 1.807) is 12.2 Å². The first-order chi connectivity index (χ1) is 11.4. The predicted octanol–water partition coefficient (Wildman–Crippen LogP) is 2.96. The normalized spacial score (nSPS) is 22.5. The second-order valence-corrected chi connectivity index (χ2v) is 5.97. The van der Waals surface area contributed by atoms with Crippen molar-refractivity contribution in [2.24, 2.45) is 5.92 Å². The number of hydrogen-bond donors (Lipinski definition) is 1. The highest BCUT2D eigenvalue weighted by atomic mass is 16.5. The van der Waals surface area contributed by atoms with Crippen molar-refractivity contribution in [2.75, 3.05) is 6.61 Å². The van der Waals surface area contributed by atoms with Crippen LogP contribution in [-0.4, -0.2) is 23.3 Å². The lowest BCUT2D eigenvalue weighted by atomic mass is 9.82. The molecule has 0 aromatic heterocycles. The van der Waals surface area contributed by atoms with Gasteiger partial charge in [-0.2, -0.15) is 5.26 Å². The van der Waals surface area contributed by atoms with Crippen LogP contribution in [0.15, 0.2) is 42.2 Å². The average molecular weight is 327 g/mol. The van der Waals surface area contributed by atoms with Gasteiger partial charge in [0.2, 0.25) is 0 Å². The van der Waals surface area contributed by atoms with Crippen LogP contribution >= 0.6 is 0 Å². The van der Waals surface area contributed by atoms with E-state index in [4.69, 9.17) is 14.7 Å². The van der Waals surface area contributed by atoms with Gasteiger partial charge in [0.1, 0.15) is 23.7 Å². The van der Waals surface area contributed by atoms with Gasteiger partial charge in [0.15, 0.2) is 0 Å².